The Morgan fingerprint density at radius 1 is 1.00 bits per heavy atom. The van der Waals surface area contributed by atoms with E-state index in [0.29, 0.717) is 18.4 Å². The molecular weight excluding hydrogens is 312 g/mol. The van der Waals surface area contributed by atoms with Crippen molar-refractivity contribution in [1.29, 1.82) is 0 Å². The summed E-state index contributed by atoms with van der Waals surface area (Å²) in [5.41, 5.74) is -0.0300. The fourth-order valence-electron chi connectivity index (χ4n) is 3.25. The summed E-state index contributed by atoms with van der Waals surface area (Å²) in [6, 6.07) is 3.68. The molecule has 1 aromatic heterocycles. The van der Waals surface area contributed by atoms with E-state index in [-0.39, 0.29) is 44.9 Å². The second-order valence-corrected chi connectivity index (χ2v) is 6.71. The predicted molar refractivity (Wildman–Crippen MR) is 88.0 cm³/mol. The van der Waals surface area contributed by atoms with Crippen LogP contribution in [0, 0.1) is 0 Å². The molecule has 0 saturated heterocycles. The number of rotatable bonds is 0. The molecule has 1 aliphatic rings. The Labute approximate surface area is 136 Å². The summed E-state index contributed by atoms with van der Waals surface area (Å²) >= 11 is 0. The predicted octanol–water partition coefficient (Wildman–Crippen LogP) is 3.17. The van der Waals surface area contributed by atoms with E-state index in [1.807, 2.05) is 13.8 Å². The number of hydrogen-bond donors (Lipinski definition) is 3. The Kier molecular flexibility index (Phi) is 2.79. The van der Waals surface area contributed by atoms with E-state index in [2.05, 4.69) is 0 Å². The minimum absolute atomic E-state index is 0.00183. The summed E-state index contributed by atoms with van der Waals surface area (Å²) in [6.07, 6.45) is 1.22. The van der Waals surface area contributed by atoms with Gasteiger partial charge in [0.15, 0.2) is 11.5 Å². The van der Waals surface area contributed by atoms with Gasteiger partial charge in [-0.3, -0.25) is 4.79 Å². The Morgan fingerprint density at radius 3 is 2.46 bits per heavy atom. The number of phenolic OH excluding ortho intramolecular Hbond substituents is 3. The first-order valence-electron chi connectivity index (χ1n) is 7.63. The highest BCUT2D eigenvalue weighted by molar-refractivity contribution is 5.96. The molecule has 124 valence electrons. The van der Waals surface area contributed by atoms with Crippen molar-refractivity contribution >= 4 is 21.9 Å². The quantitative estimate of drug-likeness (QED) is 0.548. The van der Waals surface area contributed by atoms with Crippen molar-refractivity contribution in [3.8, 4) is 23.0 Å². The van der Waals surface area contributed by atoms with Crippen molar-refractivity contribution in [3.63, 3.8) is 0 Å². The van der Waals surface area contributed by atoms with Crippen LogP contribution in [-0.2, 0) is 6.42 Å². The van der Waals surface area contributed by atoms with Crippen LogP contribution in [0.25, 0.3) is 21.9 Å². The van der Waals surface area contributed by atoms with Gasteiger partial charge in [0.25, 0.3) is 0 Å². The second kappa shape index (κ2) is 4.56. The van der Waals surface area contributed by atoms with Crippen molar-refractivity contribution in [2.45, 2.75) is 32.3 Å². The van der Waals surface area contributed by atoms with Gasteiger partial charge < -0.3 is 24.5 Å². The van der Waals surface area contributed by atoms with Crippen molar-refractivity contribution in [2.75, 3.05) is 0 Å². The lowest BCUT2D eigenvalue weighted by atomic mass is 9.91. The summed E-state index contributed by atoms with van der Waals surface area (Å²) in [5, 5.41) is 30.2. The fraction of sp³-hybridized carbons (Fsp3) is 0.278. The Hall–Kier alpha value is -2.89. The van der Waals surface area contributed by atoms with Gasteiger partial charge in [-0.25, -0.2) is 0 Å². The maximum absolute atomic E-state index is 12.9. The number of phenols is 3. The molecule has 0 radical (unpaired) electrons. The van der Waals surface area contributed by atoms with Crippen LogP contribution in [0.5, 0.6) is 23.0 Å². The number of benzene rings is 2. The summed E-state index contributed by atoms with van der Waals surface area (Å²) < 4.78 is 11.5. The molecule has 24 heavy (non-hydrogen) atoms. The third-order valence-electron chi connectivity index (χ3n) is 4.42. The molecule has 0 saturated carbocycles. The van der Waals surface area contributed by atoms with Gasteiger partial charge in [0.05, 0.1) is 5.39 Å². The molecule has 2 heterocycles. The molecule has 6 nitrogen and oxygen atoms in total. The molecule has 4 rings (SSSR count). The van der Waals surface area contributed by atoms with Crippen LogP contribution in [-0.4, -0.2) is 20.9 Å². The van der Waals surface area contributed by atoms with Gasteiger partial charge in [0.2, 0.25) is 5.43 Å². The molecule has 3 aromatic rings. The normalized spacial score (nSPS) is 16.1. The van der Waals surface area contributed by atoms with Crippen molar-refractivity contribution in [3.05, 3.63) is 34.0 Å². The van der Waals surface area contributed by atoms with E-state index in [4.69, 9.17) is 9.15 Å². The maximum atomic E-state index is 12.9. The molecule has 0 spiro atoms. The molecule has 0 bridgehead atoms. The lowest BCUT2D eigenvalue weighted by molar-refractivity contribution is 0.0811. The maximum Gasteiger partial charge on any atom is 0.204 e. The van der Waals surface area contributed by atoms with Gasteiger partial charge in [-0.2, -0.15) is 0 Å². The van der Waals surface area contributed by atoms with Gasteiger partial charge in [-0.05, 0) is 26.7 Å². The topological polar surface area (TPSA) is 100 Å². The molecule has 0 atom stereocenters. The molecule has 1 aliphatic heterocycles. The number of fused-ring (bicyclic) bond motifs is 4. The Bertz CT molecular complexity index is 1060. The van der Waals surface area contributed by atoms with Gasteiger partial charge >= 0.3 is 0 Å². The summed E-state index contributed by atoms with van der Waals surface area (Å²) in [7, 11) is 0. The SMILES string of the molecule is CC1(C)CCc2c(c(O)cc3oc4cc(O)cc(O)c4c(=O)c23)O1. The van der Waals surface area contributed by atoms with Crippen molar-refractivity contribution < 1.29 is 24.5 Å². The summed E-state index contributed by atoms with van der Waals surface area (Å²) in [4.78, 5) is 12.9. The first kappa shape index (κ1) is 14.7. The number of aromatic hydroxyl groups is 3. The van der Waals surface area contributed by atoms with Gasteiger partial charge in [0, 0.05) is 23.8 Å². The van der Waals surface area contributed by atoms with E-state index >= 15 is 0 Å². The molecule has 0 amide bonds. The van der Waals surface area contributed by atoms with Crippen LogP contribution in [0.4, 0.5) is 0 Å². The van der Waals surface area contributed by atoms with Gasteiger partial charge in [-0.1, -0.05) is 0 Å². The molecule has 0 fully saturated rings. The Morgan fingerprint density at radius 2 is 1.71 bits per heavy atom. The monoisotopic (exact) mass is 328 g/mol. The van der Waals surface area contributed by atoms with Crippen LogP contribution in [0.3, 0.4) is 0 Å². The van der Waals surface area contributed by atoms with Crippen LogP contribution in [0.2, 0.25) is 0 Å². The Balaban J connectivity index is 2.16. The van der Waals surface area contributed by atoms with Crippen molar-refractivity contribution in [2.24, 2.45) is 0 Å². The zero-order valence-corrected chi connectivity index (χ0v) is 13.2. The van der Waals surface area contributed by atoms with E-state index in [1.165, 1.54) is 12.1 Å². The van der Waals surface area contributed by atoms with Gasteiger partial charge in [0.1, 0.15) is 33.7 Å². The molecule has 0 aliphatic carbocycles. The van der Waals surface area contributed by atoms with Crippen molar-refractivity contribution in [1.82, 2.24) is 0 Å². The fourth-order valence-corrected chi connectivity index (χ4v) is 3.25. The summed E-state index contributed by atoms with van der Waals surface area (Å²) in [5.74, 6) is -0.380. The van der Waals surface area contributed by atoms with E-state index in [9.17, 15) is 20.1 Å². The molecule has 0 unspecified atom stereocenters. The molecule has 2 aromatic carbocycles. The number of hydrogen-bond acceptors (Lipinski definition) is 6. The summed E-state index contributed by atoms with van der Waals surface area (Å²) in [6.45, 7) is 3.83. The van der Waals surface area contributed by atoms with Crippen LogP contribution in [0.15, 0.2) is 27.4 Å². The van der Waals surface area contributed by atoms with Gasteiger partial charge in [-0.15, -0.1) is 0 Å². The van der Waals surface area contributed by atoms with Crippen LogP contribution < -0.4 is 10.2 Å². The third-order valence-corrected chi connectivity index (χ3v) is 4.42. The zero-order valence-electron chi connectivity index (χ0n) is 13.2. The number of ether oxygens (including phenoxy) is 1. The van der Waals surface area contributed by atoms with Crippen LogP contribution >= 0.6 is 0 Å². The van der Waals surface area contributed by atoms with E-state index in [1.54, 1.807) is 0 Å². The lowest BCUT2D eigenvalue weighted by Gasteiger charge is -2.33. The van der Waals surface area contributed by atoms with E-state index in [0.717, 1.165) is 6.07 Å². The lowest BCUT2D eigenvalue weighted by Crippen LogP contribution is -2.33. The van der Waals surface area contributed by atoms with E-state index < -0.39 is 11.0 Å². The standard InChI is InChI=1S/C18H16O6/c1-18(2)4-3-9-14-13(7-11(21)17(9)24-18)23-12-6-8(19)5-10(20)15(12)16(14)22/h5-7,19-21H,3-4H2,1-2H3. The minimum atomic E-state index is -0.441. The highest BCUT2D eigenvalue weighted by atomic mass is 16.5. The molecule has 3 N–H and O–H groups in total. The average Bonchev–Trinajstić information content (AvgIpc) is 2.46. The second-order valence-electron chi connectivity index (χ2n) is 6.71. The highest BCUT2D eigenvalue weighted by Crippen LogP contribution is 2.44. The number of aryl methyl sites for hydroxylation is 1. The smallest absolute Gasteiger partial charge is 0.204 e. The minimum Gasteiger partial charge on any atom is -0.508 e. The largest absolute Gasteiger partial charge is 0.508 e. The third kappa shape index (κ3) is 1.99. The van der Waals surface area contributed by atoms with Crippen LogP contribution in [0.1, 0.15) is 25.8 Å². The molecule has 6 heteroatoms. The molecular formula is C18H16O6. The first-order chi connectivity index (χ1) is 11.3. The highest BCUT2D eigenvalue weighted by Gasteiger charge is 2.31. The average molecular weight is 328 g/mol. The zero-order chi connectivity index (χ0) is 17.2. The first-order valence-corrected chi connectivity index (χ1v) is 7.63.